The summed E-state index contributed by atoms with van der Waals surface area (Å²) in [4.78, 5) is 5.01. The highest BCUT2D eigenvalue weighted by Gasteiger charge is 2.23. The topological polar surface area (TPSA) is 26.7 Å². The normalized spacial score (nSPS) is 17.7. The number of aliphatic hydroxyl groups is 1. The molecule has 3 nitrogen and oxygen atoms in total. The summed E-state index contributed by atoms with van der Waals surface area (Å²) in [6.45, 7) is 8.75. The second-order valence-electron chi connectivity index (χ2n) is 8.87. The first kappa shape index (κ1) is 21.1. The summed E-state index contributed by atoms with van der Waals surface area (Å²) in [5.41, 5.74) is 7.47. The van der Waals surface area contributed by atoms with Crippen LogP contribution in [0.25, 0.3) is 0 Å². The number of hydrogen-bond donors (Lipinski definition) is 1. The summed E-state index contributed by atoms with van der Waals surface area (Å²) < 4.78 is 0. The molecule has 3 heteroatoms. The molecule has 1 unspecified atom stereocenters. The van der Waals surface area contributed by atoms with E-state index in [0.717, 1.165) is 77.7 Å². The second-order valence-corrected chi connectivity index (χ2v) is 8.87. The molecule has 1 atom stereocenters. The fraction of sp³-hybridized carbons (Fsp3) is 0.481. The number of hydrogen-bond acceptors (Lipinski definition) is 3. The Balaban J connectivity index is 1.35. The van der Waals surface area contributed by atoms with Crippen molar-refractivity contribution in [1.29, 1.82) is 0 Å². The molecule has 30 heavy (non-hydrogen) atoms. The van der Waals surface area contributed by atoms with Crippen LogP contribution in [0.1, 0.15) is 47.9 Å². The van der Waals surface area contributed by atoms with Crippen LogP contribution in [0.2, 0.25) is 0 Å². The fourth-order valence-electron chi connectivity index (χ4n) is 5.04. The second kappa shape index (κ2) is 10.3. The number of nitrogens with zero attached hydrogens (tertiary/aromatic N) is 2. The first-order chi connectivity index (χ1) is 14.7. The Kier molecular flexibility index (Phi) is 7.24. The van der Waals surface area contributed by atoms with E-state index < -0.39 is 0 Å². The highest BCUT2D eigenvalue weighted by atomic mass is 16.3. The van der Waals surface area contributed by atoms with Gasteiger partial charge in [0.25, 0.3) is 0 Å². The third kappa shape index (κ3) is 5.14. The first-order valence-corrected chi connectivity index (χ1v) is 11.7. The van der Waals surface area contributed by atoms with E-state index >= 15 is 0 Å². The van der Waals surface area contributed by atoms with Crippen LogP contribution in [0.3, 0.4) is 0 Å². The molecule has 4 rings (SSSR count). The van der Waals surface area contributed by atoms with Gasteiger partial charge in [-0.1, -0.05) is 48.9 Å². The minimum absolute atomic E-state index is 0.201. The maximum atomic E-state index is 10.4. The van der Waals surface area contributed by atoms with Crippen molar-refractivity contribution in [2.75, 3.05) is 37.6 Å². The standard InChI is InChI=1S/C27H36N2O/c1-2-3-4-5-12-25(30)21-28-16-18-29(19-17-28)27-13-8-11-24-20-23-10-7-6-9-22(23)14-15-26(24)27/h2,6-11,13,25,30H,1,3-5,12,14-21H2. The number of allylic oxidation sites excluding steroid dienone is 1. The van der Waals surface area contributed by atoms with E-state index in [1.54, 1.807) is 5.56 Å². The molecule has 0 bridgehead atoms. The maximum Gasteiger partial charge on any atom is 0.0667 e. The molecule has 0 spiro atoms. The van der Waals surface area contributed by atoms with Gasteiger partial charge in [0.15, 0.2) is 0 Å². The lowest BCUT2D eigenvalue weighted by atomic mass is 9.98. The Hall–Kier alpha value is -2.10. The molecular formula is C27H36N2O. The number of aryl methyl sites for hydroxylation is 1. The lowest BCUT2D eigenvalue weighted by molar-refractivity contribution is 0.0999. The Bertz CT molecular complexity index is 839. The Morgan fingerprint density at radius 2 is 1.67 bits per heavy atom. The number of piperazine rings is 1. The highest BCUT2D eigenvalue weighted by Crippen LogP contribution is 2.31. The zero-order chi connectivity index (χ0) is 20.8. The molecule has 0 amide bonds. The van der Waals surface area contributed by atoms with E-state index in [4.69, 9.17) is 0 Å². The predicted molar refractivity (Wildman–Crippen MR) is 126 cm³/mol. The van der Waals surface area contributed by atoms with Gasteiger partial charge in [-0.25, -0.2) is 0 Å². The third-order valence-corrected chi connectivity index (χ3v) is 6.77. The minimum atomic E-state index is -0.201. The first-order valence-electron chi connectivity index (χ1n) is 11.7. The van der Waals surface area contributed by atoms with Crippen LogP contribution in [0.5, 0.6) is 0 Å². The Morgan fingerprint density at radius 1 is 0.900 bits per heavy atom. The molecule has 2 aliphatic rings. The van der Waals surface area contributed by atoms with Crippen molar-refractivity contribution in [3.05, 3.63) is 77.4 Å². The van der Waals surface area contributed by atoms with Crippen LogP contribution >= 0.6 is 0 Å². The highest BCUT2D eigenvalue weighted by molar-refractivity contribution is 5.59. The average molecular weight is 405 g/mol. The lowest BCUT2D eigenvalue weighted by Crippen LogP contribution is -2.48. The van der Waals surface area contributed by atoms with Crippen molar-refractivity contribution in [2.24, 2.45) is 0 Å². The monoisotopic (exact) mass is 404 g/mol. The number of benzene rings is 2. The minimum Gasteiger partial charge on any atom is -0.392 e. The van der Waals surface area contributed by atoms with Gasteiger partial charge < -0.3 is 10.0 Å². The van der Waals surface area contributed by atoms with Crippen LogP contribution in [0, 0.1) is 0 Å². The molecule has 1 aliphatic heterocycles. The fourth-order valence-corrected chi connectivity index (χ4v) is 5.04. The smallest absolute Gasteiger partial charge is 0.0667 e. The van der Waals surface area contributed by atoms with Gasteiger partial charge in [-0.3, -0.25) is 4.90 Å². The zero-order valence-corrected chi connectivity index (χ0v) is 18.2. The van der Waals surface area contributed by atoms with Crippen LogP contribution in [0.15, 0.2) is 55.1 Å². The summed E-state index contributed by atoms with van der Waals surface area (Å²) in [5, 5.41) is 10.4. The number of rotatable bonds is 8. The third-order valence-electron chi connectivity index (χ3n) is 6.77. The van der Waals surface area contributed by atoms with Gasteiger partial charge in [0, 0.05) is 38.4 Å². The van der Waals surface area contributed by atoms with Gasteiger partial charge >= 0.3 is 0 Å². The van der Waals surface area contributed by atoms with Crippen molar-refractivity contribution in [2.45, 2.75) is 51.0 Å². The molecule has 2 aromatic carbocycles. The largest absolute Gasteiger partial charge is 0.392 e. The van der Waals surface area contributed by atoms with Crippen molar-refractivity contribution < 1.29 is 5.11 Å². The van der Waals surface area contributed by atoms with Crippen LogP contribution in [-0.2, 0) is 19.3 Å². The van der Waals surface area contributed by atoms with Gasteiger partial charge in [0.05, 0.1) is 6.10 Å². The molecule has 1 N–H and O–H groups in total. The van der Waals surface area contributed by atoms with E-state index in [0.29, 0.717) is 0 Å². The summed E-state index contributed by atoms with van der Waals surface area (Å²) >= 11 is 0. The predicted octanol–water partition coefficient (Wildman–Crippen LogP) is 4.61. The molecule has 0 aromatic heterocycles. The van der Waals surface area contributed by atoms with Crippen LogP contribution in [-0.4, -0.2) is 48.8 Å². The molecule has 160 valence electrons. The van der Waals surface area contributed by atoms with Gasteiger partial charge in [-0.15, -0.1) is 6.58 Å². The molecule has 1 aliphatic carbocycles. The summed E-state index contributed by atoms with van der Waals surface area (Å²) in [5.74, 6) is 0. The van der Waals surface area contributed by atoms with Gasteiger partial charge in [-0.05, 0) is 66.8 Å². The number of β-amino-alcohol motifs (C(OH)–C–C–N with tert-alkyl or cyclic N) is 1. The number of aliphatic hydroxyl groups excluding tert-OH is 1. The molecule has 1 fully saturated rings. The van der Waals surface area contributed by atoms with E-state index in [-0.39, 0.29) is 6.10 Å². The summed E-state index contributed by atoms with van der Waals surface area (Å²) in [6, 6.07) is 15.8. The van der Waals surface area contributed by atoms with E-state index in [1.165, 1.54) is 22.4 Å². The number of fused-ring (bicyclic) bond motifs is 2. The molecular weight excluding hydrogens is 368 g/mol. The average Bonchev–Trinajstić information content (AvgIpc) is 2.96. The zero-order valence-electron chi connectivity index (χ0n) is 18.2. The van der Waals surface area contributed by atoms with E-state index in [9.17, 15) is 5.11 Å². The quantitative estimate of drug-likeness (QED) is 0.514. The van der Waals surface area contributed by atoms with Gasteiger partial charge in [-0.2, -0.15) is 0 Å². The number of anilines is 1. The van der Waals surface area contributed by atoms with Crippen molar-refractivity contribution in [3.8, 4) is 0 Å². The Morgan fingerprint density at radius 3 is 2.47 bits per heavy atom. The van der Waals surface area contributed by atoms with Gasteiger partial charge in [0.2, 0.25) is 0 Å². The van der Waals surface area contributed by atoms with Crippen LogP contribution < -0.4 is 4.90 Å². The molecule has 0 radical (unpaired) electrons. The SMILES string of the molecule is C=CCCCCC(O)CN1CCN(c2cccc3c2CCc2ccccc2C3)CC1. The number of unbranched alkanes of at least 4 members (excludes halogenated alkanes) is 2. The lowest BCUT2D eigenvalue weighted by Gasteiger charge is -2.38. The van der Waals surface area contributed by atoms with Crippen molar-refractivity contribution >= 4 is 5.69 Å². The van der Waals surface area contributed by atoms with Crippen LogP contribution in [0.4, 0.5) is 5.69 Å². The van der Waals surface area contributed by atoms with E-state index in [1.807, 2.05) is 6.08 Å². The molecule has 0 saturated carbocycles. The summed E-state index contributed by atoms with van der Waals surface area (Å²) in [6.07, 6.45) is 9.27. The van der Waals surface area contributed by atoms with E-state index in [2.05, 4.69) is 58.8 Å². The van der Waals surface area contributed by atoms with Crippen molar-refractivity contribution in [1.82, 2.24) is 4.90 Å². The van der Waals surface area contributed by atoms with Crippen molar-refractivity contribution in [3.63, 3.8) is 0 Å². The van der Waals surface area contributed by atoms with Gasteiger partial charge in [0.1, 0.15) is 0 Å². The molecule has 1 saturated heterocycles. The molecule has 1 heterocycles. The molecule has 2 aromatic rings. The Labute approximate surface area is 182 Å². The maximum absolute atomic E-state index is 10.4. The summed E-state index contributed by atoms with van der Waals surface area (Å²) in [7, 11) is 0.